The second kappa shape index (κ2) is 68.2. The largest absolute Gasteiger partial charge is 4.00 e. The minimum absolute atomic E-state index is 0. The van der Waals surface area contributed by atoms with E-state index in [1.165, 1.54) is 116 Å². The van der Waals surface area contributed by atoms with Gasteiger partial charge in [-0.1, -0.05) is 253 Å². The molecular formula is C59H121O15P3Ti. The Morgan fingerprint density at radius 2 is 0.513 bits per heavy atom. The average Bonchev–Trinajstić information content (AvgIpc) is 3.40. The van der Waals surface area contributed by atoms with E-state index in [-0.39, 0.29) is 68.0 Å². The van der Waals surface area contributed by atoms with Crippen molar-refractivity contribution in [3.63, 3.8) is 0 Å². The van der Waals surface area contributed by atoms with Crippen LogP contribution in [-0.4, -0.2) is 72.7 Å². The molecule has 466 valence electrons. The number of phosphoric acid groups is 3. The summed E-state index contributed by atoms with van der Waals surface area (Å²) in [5, 5.41) is 10.9. The summed E-state index contributed by atoms with van der Waals surface area (Å²) in [6, 6.07) is 0. The summed E-state index contributed by atoms with van der Waals surface area (Å²) >= 11 is 0. The Bertz CT molecular complexity index is 1130. The zero-order valence-electron chi connectivity index (χ0n) is 51.3. The fraction of sp³-hybridized carbons (Fsp3) is 0.932. The minimum atomic E-state index is -4.07. The SMILES string of the molecule is C=CCOCC(C)(C[O-])COCC=C.CCCCCCCCOP(=O)([O-])OCCCCCCCC.CCCCCCCCOP(=O)([O-])OCCCCCCCC.CCCCCCCCOP(=O)([O-])OCCCCCCCC.[Ti+4]. The van der Waals surface area contributed by atoms with Crippen LogP contribution in [0.4, 0.5) is 0 Å². The van der Waals surface area contributed by atoms with E-state index in [0.717, 1.165) is 116 Å². The summed E-state index contributed by atoms with van der Waals surface area (Å²) in [7, 11) is -12.2. The Kier molecular flexibility index (Phi) is 76.2. The molecule has 0 saturated carbocycles. The van der Waals surface area contributed by atoms with Crippen molar-refractivity contribution in [3.05, 3.63) is 25.3 Å². The molecule has 15 nitrogen and oxygen atoms in total. The van der Waals surface area contributed by atoms with Crippen LogP contribution in [0.15, 0.2) is 25.3 Å². The van der Waals surface area contributed by atoms with Crippen LogP contribution in [0.5, 0.6) is 0 Å². The van der Waals surface area contributed by atoms with E-state index in [1.807, 2.05) is 6.92 Å². The van der Waals surface area contributed by atoms with Gasteiger partial charge in [0.25, 0.3) is 23.5 Å². The van der Waals surface area contributed by atoms with Crippen molar-refractivity contribution in [2.24, 2.45) is 5.41 Å². The molecule has 0 bridgehead atoms. The quantitative estimate of drug-likeness (QED) is 0.0239. The average molecular weight is 1210 g/mol. The van der Waals surface area contributed by atoms with Crippen LogP contribution in [0, 0.1) is 5.41 Å². The fourth-order valence-electron chi connectivity index (χ4n) is 7.37. The molecule has 0 radical (unpaired) electrons. The number of unbranched alkanes of at least 4 members (excludes halogenated alkanes) is 30. The van der Waals surface area contributed by atoms with E-state index in [4.69, 9.17) is 36.6 Å². The summed E-state index contributed by atoms with van der Waals surface area (Å²) in [5.41, 5.74) is -0.452. The summed E-state index contributed by atoms with van der Waals surface area (Å²) < 4.78 is 74.1. The van der Waals surface area contributed by atoms with Gasteiger partial charge in [0.05, 0.1) is 66.1 Å². The first-order valence-corrected chi connectivity index (χ1v) is 35.2. The van der Waals surface area contributed by atoms with Gasteiger partial charge in [0.2, 0.25) is 0 Å². The van der Waals surface area contributed by atoms with Crippen LogP contribution in [0.1, 0.15) is 280 Å². The summed E-state index contributed by atoms with van der Waals surface area (Å²) in [6.07, 6.45) is 43.3. The van der Waals surface area contributed by atoms with Crippen molar-refractivity contribution in [2.75, 3.05) is 72.7 Å². The smallest absolute Gasteiger partial charge is 0.854 e. The maximum absolute atomic E-state index is 11.5. The van der Waals surface area contributed by atoms with E-state index >= 15 is 0 Å². The zero-order valence-corrected chi connectivity index (χ0v) is 55.5. The predicted octanol–water partition coefficient (Wildman–Crippen LogP) is 16.4. The number of ether oxygens (including phenoxy) is 2. The van der Waals surface area contributed by atoms with Gasteiger partial charge in [0.15, 0.2) is 0 Å². The summed E-state index contributed by atoms with van der Waals surface area (Å²) in [5.74, 6) is 0. The summed E-state index contributed by atoms with van der Waals surface area (Å²) in [6.45, 7) is 25.0. The minimum Gasteiger partial charge on any atom is -0.854 e. The molecule has 0 aliphatic rings. The molecule has 0 aromatic heterocycles. The molecule has 0 fully saturated rings. The molecule has 0 rings (SSSR count). The molecule has 0 saturated heterocycles. The first-order valence-electron chi connectivity index (χ1n) is 30.8. The molecule has 0 atom stereocenters. The Morgan fingerprint density at radius 3 is 0.667 bits per heavy atom. The van der Waals surface area contributed by atoms with Gasteiger partial charge in [-0.25, -0.2) is 0 Å². The third-order valence-electron chi connectivity index (χ3n) is 12.2. The standard InChI is InChI=1S/3C16H35O4P.C11H19O3.Ti/c3*1-3-5-7-9-11-13-15-19-21(17,18)20-16-14-12-10-8-6-4-2;1-4-6-13-9-11(3,8-12)10-14-7-5-2;/h3*3-16H2,1-2H3,(H,17,18);4-5H,1-2,6-10H2,3H3;/q;;;-1;+4/p-3. The fourth-order valence-corrected chi connectivity index (χ4v) is 9.71. The molecule has 0 spiro atoms. The molecule has 0 amide bonds. The second-order valence-corrected chi connectivity index (χ2v) is 24.7. The third-order valence-corrected chi connectivity index (χ3v) is 15.2. The van der Waals surface area contributed by atoms with Crippen LogP contribution in [-0.2, 0) is 72.0 Å². The number of hydrogen-bond acceptors (Lipinski definition) is 15. The Hall–Kier alpha value is 0.404. The predicted molar refractivity (Wildman–Crippen MR) is 314 cm³/mol. The van der Waals surface area contributed by atoms with Gasteiger partial charge in [0, 0.05) is 0 Å². The normalized spacial score (nSPS) is 11.7. The monoisotopic (exact) mass is 1210 g/mol. The number of rotatable bonds is 57. The van der Waals surface area contributed by atoms with Gasteiger partial charge in [-0.15, -0.1) is 19.8 Å². The van der Waals surface area contributed by atoms with Crippen molar-refractivity contribution in [2.45, 2.75) is 280 Å². The van der Waals surface area contributed by atoms with Gasteiger partial charge in [-0.3, -0.25) is 13.7 Å². The Balaban J connectivity index is -0.000000306. The second-order valence-electron chi connectivity index (χ2n) is 20.5. The molecule has 0 heterocycles. The Morgan fingerprint density at radius 1 is 0.346 bits per heavy atom. The molecule has 19 heteroatoms. The van der Waals surface area contributed by atoms with Crippen LogP contribution in [0.2, 0.25) is 0 Å². The van der Waals surface area contributed by atoms with Crippen molar-refractivity contribution in [1.82, 2.24) is 0 Å². The van der Waals surface area contributed by atoms with Gasteiger partial charge in [-0.05, 0) is 43.9 Å². The topological polar surface area (TPSA) is 217 Å². The molecule has 0 aromatic rings. The summed E-state index contributed by atoms with van der Waals surface area (Å²) in [4.78, 5) is 34.5. The van der Waals surface area contributed by atoms with Gasteiger partial charge >= 0.3 is 21.7 Å². The van der Waals surface area contributed by atoms with E-state index in [0.29, 0.717) is 26.4 Å². The molecule has 0 aromatic carbocycles. The van der Waals surface area contributed by atoms with E-state index < -0.39 is 28.9 Å². The molecule has 0 aliphatic carbocycles. The van der Waals surface area contributed by atoms with Crippen molar-refractivity contribution in [1.29, 1.82) is 0 Å². The number of phosphoric ester groups is 3. The van der Waals surface area contributed by atoms with Crippen molar-refractivity contribution >= 4 is 23.5 Å². The van der Waals surface area contributed by atoms with E-state index in [1.54, 1.807) is 12.2 Å². The van der Waals surface area contributed by atoms with Crippen LogP contribution >= 0.6 is 23.5 Å². The number of hydrogen-bond donors (Lipinski definition) is 0. The van der Waals surface area contributed by atoms with Gasteiger partial charge < -0.3 is 56.4 Å². The molecule has 0 unspecified atom stereocenters. The van der Waals surface area contributed by atoms with Gasteiger partial charge in [-0.2, -0.15) is 0 Å². The van der Waals surface area contributed by atoms with Crippen molar-refractivity contribution in [3.8, 4) is 0 Å². The third kappa shape index (κ3) is 76.4. The zero-order chi connectivity index (χ0) is 58.3. The molecule has 0 aliphatic heterocycles. The molecule has 0 N–H and O–H groups in total. The van der Waals surface area contributed by atoms with Crippen LogP contribution in [0.3, 0.4) is 0 Å². The maximum atomic E-state index is 11.5. The van der Waals surface area contributed by atoms with Crippen LogP contribution in [0.25, 0.3) is 0 Å². The van der Waals surface area contributed by atoms with Crippen LogP contribution < -0.4 is 19.8 Å². The van der Waals surface area contributed by atoms with E-state index in [2.05, 4.69) is 54.7 Å². The maximum Gasteiger partial charge on any atom is 4.00 e. The van der Waals surface area contributed by atoms with E-state index in [9.17, 15) is 33.5 Å². The van der Waals surface area contributed by atoms with Gasteiger partial charge in [0.1, 0.15) is 0 Å². The first kappa shape index (κ1) is 87.2. The first-order chi connectivity index (χ1) is 37.0. The van der Waals surface area contributed by atoms with Crippen molar-refractivity contribution < 1.29 is 91.8 Å². The molecule has 78 heavy (non-hydrogen) atoms. The Labute approximate surface area is 495 Å². The molecular weight excluding hydrogens is 1090 g/mol.